The first-order chi connectivity index (χ1) is 11.9. The van der Waals surface area contributed by atoms with Gasteiger partial charge >= 0.3 is 0 Å². The summed E-state index contributed by atoms with van der Waals surface area (Å²) in [5, 5.41) is 0.209. The Morgan fingerprint density at radius 1 is 1.12 bits per heavy atom. The standard InChI is InChI=1S/C17H15Cl2N3O2S/c1-12(13-5-7-14(8-6-13)22-10-9-20-11-22)21-25(23,24)16-4-2-3-15(18)17(16)19/h2-12,21H,1H3. The molecule has 1 heterocycles. The molecule has 1 aromatic heterocycles. The number of halogens is 2. The van der Waals surface area contributed by atoms with Crippen molar-refractivity contribution in [2.45, 2.75) is 17.9 Å². The maximum atomic E-state index is 12.6. The third-order valence-corrected chi connectivity index (χ3v) is 6.25. The molecule has 0 spiro atoms. The molecule has 0 saturated heterocycles. The summed E-state index contributed by atoms with van der Waals surface area (Å²) in [6, 6.07) is 11.6. The predicted octanol–water partition coefficient (Wildman–Crippen LogP) is 4.22. The zero-order chi connectivity index (χ0) is 18.0. The Bertz CT molecular complexity index is 972. The summed E-state index contributed by atoms with van der Waals surface area (Å²) in [6.45, 7) is 1.77. The van der Waals surface area contributed by atoms with Gasteiger partial charge in [-0.15, -0.1) is 0 Å². The van der Waals surface area contributed by atoms with E-state index in [1.807, 2.05) is 35.0 Å². The number of benzene rings is 2. The Hall–Kier alpha value is -1.86. The Morgan fingerprint density at radius 2 is 1.84 bits per heavy atom. The lowest BCUT2D eigenvalue weighted by Crippen LogP contribution is -2.27. The van der Waals surface area contributed by atoms with Crippen molar-refractivity contribution in [1.82, 2.24) is 14.3 Å². The van der Waals surface area contributed by atoms with Gasteiger partial charge in [0.25, 0.3) is 0 Å². The third-order valence-electron chi connectivity index (χ3n) is 3.73. The van der Waals surface area contributed by atoms with Crippen molar-refractivity contribution >= 4 is 33.2 Å². The lowest BCUT2D eigenvalue weighted by molar-refractivity contribution is 0.567. The highest BCUT2D eigenvalue weighted by molar-refractivity contribution is 7.89. The van der Waals surface area contributed by atoms with Crippen LogP contribution < -0.4 is 4.72 Å². The van der Waals surface area contributed by atoms with Gasteiger partial charge in [0.2, 0.25) is 10.0 Å². The fraction of sp³-hybridized carbons (Fsp3) is 0.118. The van der Waals surface area contributed by atoms with Crippen LogP contribution in [0.15, 0.2) is 66.1 Å². The minimum absolute atomic E-state index is 0.0133. The van der Waals surface area contributed by atoms with Gasteiger partial charge in [-0.3, -0.25) is 0 Å². The molecule has 0 radical (unpaired) electrons. The van der Waals surface area contributed by atoms with Crippen molar-refractivity contribution in [2.75, 3.05) is 0 Å². The molecule has 25 heavy (non-hydrogen) atoms. The van der Waals surface area contributed by atoms with Crippen molar-refractivity contribution in [2.24, 2.45) is 0 Å². The molecule has 3 aromatic rings. The van der Waals surface area contributed by atoms with Crippen LogP contribution in [0.25, 0.3) is 5.69 Å². The maximum Gasteiger partial charge on any atom is 0.242 e. The second kappa shape index (κ2) is 7.17. The number of hydrogen-bond donors (Lipinski definition) is 1. The van der Waals surface area contributed by atoms with E-state index in [4.69, 9.17) is 23.2 Å². The Morgan fingerprint density at radius 3 is 2.48 bits per heavy atom. The van der Waals surface area contributed by atoms with Crippen LogP contribution in [-0.4, -0.2) is 18.0 Å². The number of sulfonamides is 1. The Balaban J connectivity index is 1.81. The van der Waals surface area contributed by atoms with Crippen molar-refractivity contribution < 1.29 is 8.42 Å². The zero-order valence-electron chi connectivity index (χ0n) is 13.2. The number of aromatic nitrogens is 2. The monoisotopic (exact) mass is 395 g/mol. The van der Waals surface area contributed by atoms with Gasteiger partial charge in [-0.25, -0.2) is 18.1 Å². The van der Waals surface area contributed by atoms with E-state index >= 15 is 0 Å². The fourth-order valence-corrected chi connectivity index (χ4v) is 4.40. The number of hydrogen-bond acceptors (Lipinski definition) is 3. The first kappa shape index (κ1) is 17.9. The molecule has 0 bridgehead atoms. The number of imidazole rings is 1. The molecule has 0 aliphatic carbocycles. The average molecular weight is 396 g/mol. The van der Waals surface area contributed by atoms with Crippen LogP contribution in [0.5, 0.6) is 0 Å². The van der Waals surface area contributed by atoms with E-state index in [0.29, 0.717) is 0 Å². The predicted molar refractivity (Wildman–Crippen MR) is 98.8 cm³/mol. The normalized spacial score (nSPS) is 12.9. The molecule has 0 amide bonds. The number of nitrogens with one attached hydrogen (secondary N) is 1. The van der Waals surface area contributed by atoms with E-state index in [1.54, 1.807) is 31.6 Å². The number of rotatable bonds is 5. The zero-order valence-corrected chi connectivity index (χ0v) is 15.6. The minimum atomic E-state index is -3.80. The van der Waals surface area contributed by atoms with E-state index in [-0.39, 0.29) is 14.9 Å². The van der Waals surface area contributed by atoms with Crippen molar-refractivity contribution in [3.63, 3.8) is 0 Å². The summed E-state index contributed by atoms with van der Waals surface area (Å²) < 4.78 is 29.6. The van der Waals surface area contributed by atoms with Gasteiger partial charge in [0.1, 0.15) is 4.90 Å². The van der Waals surface area contributed by atoms with Crippen LogP contribution in [0.2, 0.25) is 10.0 Å². The fourth-order valence-electron chi connectivity index (χ4n) is 2.40. The van der Waals surface area contributed by atoms with E-state index in [9.17, 15) is 8.42 Å². The van der Waals surface area contributed by atoms with E-state index < -0.39 is 16.1 Å². The van der Waals surface area contributed by atoms with Gasteiger partial charge in [-0.1, -0.05) is 41.4 Å². The third kappa shape index (κ3) is 3.88. The molecule has 0 aliphatic rings. The lowest BCUT2D eigenvalue weighted by Gasteiger charge is -2.16. The van der Waals surface area contributed by atoms with Gasteiger partial charge in [0.15, 0.2) is 0 Å². The van der Waals surface area contributed by atoms with Crippen LogP contribution in [0.1, 0.15) is 18.5 Å². The first-order valence-electron chi connectivity index (χ1n) is 7.43. The molecule has 1 unspecified atom stereocenters. The van der Waals surface area contributed by atoms with Crippen molar-refractivity contribution in [1.29, 1.82) is 0 Å². The molecule has 1 atom stereocenters. The van der Waals surface area contributed by atoms with Gasteiger partial charge < -0.3 is 4.57 Å². The average Bonchev–Trinajstić information content (AvgIpc) is 3.11. The van der Waals surface area contributed by atoms with Gasteiger partial charge in [-0.2, -0.15) is 0 Å². The highest BCUT2D eigenvalue weighted by Gasteiger charge is 2.22. The summed E-state index contributed by atoms with van der Waals surface area (Å²) in [4.78, 5) is 3.96. The first-order valence-corrected chi connectivity index (χ1v) is 9.67. The summed E-state index contributed by atoms with van der Waals surface area (Å²) in [5.41, 5.74) is 1.76. The van der Waals surface area contributed by atoms with Gasteiger partial charge in [0, 0.05) is 24.1 Å². The molecule has 2 aromatic carbocycles. The van der Waals surface area contributed by atoms with E-state index in [1.165, 1.54) is 6.07 Å². The van der Waals surface area contributed by atoms with Crippen LogP contribution in [0.4, 0.5) is 0 Å². The second-order valence-electron chi connectivity index (χ2n) is 5.46. The molecule has 0 fully saturated rings. The molecular weight excluding hydrogens is 381 g/mol. The highest BCUT2D eigenvalue weighted by atomic mass is 35.5. The largest absolute Gasteiger partial charge is 0.306 e. The topological polar surface area (TPSA) is 64.0 Å². The molecule has 3 rings (SSSR count). The SMILES string of the molecule is CC(NS(=O)(=O)c1cccc(Cl)c1Cl)c1ccc(-n2ccnc2)cc1. The van der Waals surface area contributed by atoms with Crippen molar-refractivity contribution in [3.8, 4) is 5.69 Å². The van der Waals surface area contributed by atoms with E-state index in [2.05, 4.69) is 9.71 Å². The molecule has 1 N–H and O–H groups in total. The summed E-state index contributed by atoms with van der Waals surface area (Å²) in [6.07, 6.45) is 5.23. The molecular formula is C17H15Cl2N3O2S. The Labute approximate surface area is 156 Å². The summed E-state index contributed by atoms with van der Waals surface area (Å²) >= 11 is 11.9. The smallest absolute Gasteiger partial charge is 0.242 e. The van der Waals surface area contributed by atoms with Crippen LogP contribution >= 0.6 is 23.2 Å². The van der Waals surface area contributed by atoms with E-state index in [0.717, 1.165) is 11.3 Å². The minimum Gasteiger partial charge on any atom is -0.306 e. The molecule has 0 aliphatic heterocycles. The highest BCUT2D eigenvalue weighted by Crippen LogP contribution is 2.29. The summed E-state index contributed by atoms with van der Waals surface area (Å²) in [5.74, 6) is 0. The molecule has 0 saturated carbocycles. The van der Waals surface area contributed by atoms with Crippen LogP contribution in [-0.2, 0) is 10.0 Å². The molecule has 8 heteroatoms. The lowest BCUT2D eigenvalue weighted by atomic mass is 10.1. The van der Waals surface area contributed by atoms with Gasteiger partial charge in [-0.05, 0) is 36.8 Å². The van der Waals surface area contributed by atoms with Crippen LogP contribution in [0, 0.1) is 0 Å². The van der Waals surface area contributed by atoms with Crippen molar-refractivity contribution in [3.05, 3.63) is 76.8 Å². The Kier molecular flexibility index (Phi) is 5.15. The van der Waals surface area contributed by atoms with Gasteiger partial charge in [0.05, 0.1) is 16.4 Å². The quantitative estimate of drug-likeness (QED) is 0.703. The maximum absolute atomic E-state index is 12.6. The molecule has 5 nitrogen and oxygen atoms in total. The summed E-state index contributed by atoms with van der Waals surface area (Å²) in [7, 11) is -3.80. The number of nitrogens with zero attached hydrogens (tertiary/aromatic N) is 2. The van der Waals surface area contributed by atoms with Crippen LogP contribution in [0.3, 0.4) is 0 Å². The second-order valence-corrected chi connectivity index (χ2v) is 7.92. The molecule has 130 valence electrons.